The highest BCUT2D eigenvalue weighted by Gasteiger charge is 2.32. The van der Waals surface area contributed by atoms with Gasteiger partial charge in [-0.2, -0.15) is 5.10 Å². The van der Waals surface area contributed by atoms with E-state index in [9.17, 15) is 9.59 Å². The van der Waals surface area contributed by atoms with Crippen LogP contribution < -0.4 is 20.7 Å². The molecule has 8 nitrogen and oxygen atoms in total. The van der Waals surface area contributed by atoms with Crippen molar-refractivity contribution in [3.8, 4) is 11.4 Å². The number of urea groups is 1. The van der Waals surface area contributed by atoms with Crippen LogP contribution in [0.1, 0.15) is 62.8 Å². The molecule has 1 unspecified atom stereocenters. The summed E-state index contributed by atoms with van der Waals surface area (Å²) in [4.78, 5) is 27.4. The molecule has 0 bridgehead atoms. The molecule has 0 radical (unpaired) electrons. The Labute approximate surface area is 260 Å². The van der Waals surface area contributed by atoms with Gasteiger partial charge in [-0.15, -0.1) is 0 Å². The molecular weight excluding hydrogens is 550 g/mol. The fourth-order valence-corrected chi connectivity index (χ4v) is 5.68. The summed E-state index contributed by atoms with van der Waals surface area (Å²) < 4.78 is 7.63. The first-order valence-corrected chi connectivity index (χ1v) is 15.4. The van der Waals surface area contributed by atoms with Gasteiger partial charge in [0, 0.05) is 29.5 Å². The topological polar surface area (TPSA) is 97.3 Å². The molecule has 2 heterocycles. The third-order valence-electron chi connectivity index (χ3n) is 8.10. The van der Waals surface area contributed by atoms with Crippen LogP contribution in [0.2, 0.25) is 0 Å². The molecule has 8 heteroatoms. The number of rotatable bonds is 10. The van der Waals surface area contributed by atoms with Crippen LogP contribution in [0.3, 0.4) is 0 Å². The zero-order chi connectivity index (χ0) is 31.1. The third kappa shape index (κ3) is 7.74. The molecule has 3 N–H and O–H groups in total. The predicted octanol–water partition coefficient (Wildman–Crippen LogP) is 7.24. The number of aryl methyl sites for hydroxylation is 1. The van der Waals surface area contributed by atoms with Crippen LogP contribution in [-0.4, -0.2) is 41.3 Å². The van der Waals surface area contributed by atoms with E-state index in [0.717, 1.165) is 54.2 Å². The second kappa shape index (κ2) is 13.9. The van der Waals surface area contributed by atoms with Gasteiger partial charge < -0.3 is 15.4 Å². The lowest BCUT2D eigenvalue weighted by Gasteiger charge is -2.31. The maximum atomic E-state index is 13.8. The molecule has 1 atom stereocenters. The maximum absolute atomic E-state index is 13.8. The van der Waals surface area contributed by atoms with Crippen molar-refractivity contribution in [2.75, 3.05) is 30.3 Å². The number of anilines is 2. The number of amides is 2. The maximum Gasteiger partial charge on any atom is 0.324 e. The minimum atomic E-state index is -0.393. The number of nitrogens with one attached hydrogen (secondary N) is 3. The summed E-state index contributed by atoms with van der Waals surface area (Å²) in [5.74, 6) is 1.26. The van der Waals surface area contributed by atoms with Crippen molar-refractivity contribution in [2.45, 2.75) is 58.3 Å². The van der Waals surface area contributed by atoms with Gasteiger partial charge in [-0.1, -0.05) is 74.9 Å². The molecule has 1 aromatic heterocycles. The third-order valence-corrected chi connectivity index (χ3v) is 8.10. The highest BCUT2D eigenvalue weighted by molar-refractivity contribution is 6.01. The van der Waals surface area contributed by atoms with E-state index in [1.807, 2.05) is 91.9 Å². The second-order valence-corrected chi connectivity index (χ2v) is 12.5. The quantitative estimate of drug-likeness (QED) is 0.180. The minimum Gasteiger partial charge on any atom is -0.493 e. The Morgan fingerprint density at radius 2 is 1.64 bits per heavy atom. The molecule has 1 fully saturated rings. The van der Waals surface area contributed by atoms with Gasteiger partial charge in [0.2, 0.25) is 0 Å². The Morgan fingerprint density at radius 3 is 2.34 bits per heavy atom. The van der Waals surface area contributed by atoms with Crippen LogP contribution in [-0.2, 0) is 10.2 Å². The van der Waals surface area contributed by atoms with E-state index in [0.29, 0.717) is 18.1 Å². The van der Waals surface area contributed by atoms with Gasteiger partial charge in [-0.3, -0.25) is 10.1 Å². The number of ether oxygens (including phenoxy) is 1. The first-order chi connectivity index (χ1) is 21.2. The van der Waals surface area contributed by atoms with Crippen LogP contribution in [0, 0.1) is 12.8 Å². The van der Waals surface area contributed by atoms with Gasteiger partial charge >= 0.3 is 6.03 Å². The molecule has 5 rings (SSSR count). The summed E-state index contributed by atoms with van der Waals surface area (Å²) in [5, 5.41) is 14.3. The number of hydrogen-bond acceptors (Lipinski definition) is 5. The van der Waals surface area contributed by atoms with Crippen LogP contribution in [0.5, 0.6) is 5.75 Å². The molecule has 2 amide bonds. The molecule has 0 spiro atoms. The van der Waals surface area contributed by atoms with Crippen molar-refractivity contribution < 1.29 is 14.3 Å². The van der Waals surface area contributed by atoms with Gasteiger partial charge in [0.05, 0.1) is 18.0 Å². The summed E-state index contributed by atoms with van der Waals surface area (Å²) in [5.41, 5.74) is 4.12. The first kappa shape index (κ1) is 31.0. The summed E-state index contributed by atoms with van der Waals surface area (Å²) >= 11 is 0. The van der Waals surface area contributed by atoms with E-state index in [1.54, 1.807) is 4.68 Å². The largest absolute Gasteiger partial charge is 0.493 e. The van der Waals surface area contributed by atoms with Crippen molar-refractivity contribution in [3.63, 3.8) is 0 Å². The molecule has 1 aliphatic rings. The fraction of sp³-hybridized carbons (Fsp3) is 0.361. The molecule has 0 saturated carbocycles. The normalized spacial score (nSPS) is 14.5. The van der Waals surface area contributed by atoms with E-state index in [-0.39, 0.29) is 29.5 Å². The van der Waals surface area contributed by atoms with Gasteiger partial charge in [-0.05, 0) is 74.7 Å². The van der Waals surface area contributed by atoms with E-state index in [4.69, 9.17) is 9.84 Å². The predicted molar refractivity (Wildman–Crippen MR) is 176 cm³/mol. The smallest absolute Gasteiger partial charge is 0.324 e. The monoisotopic (exact) mass is 593 g/mol. The number of carbonyl (C=O) groups is 2. The summed E-state index contributed by atoms with van der Waals surface area (Å²) in [6.45, 7) is 10.4. The summed E-state index contributed by atoms with van der Waals surface area (Å²) in [7, 11) is 0. The molecule has 1 saturated heterocycles. The van der Waals surface area contributed by atoms with Crippen molar-refractivity contribution in [3.05, 3.63) is 102 Å². The standard InChI is InChI=1S/C36H43N5O3/c1-25-14-16-27(17-15-25)41-33(24-32(40-41)36(2,3)4)39-35(43)38-30-13-9-8-12-29(30)34(26-18-21-37-22-19-26)31(42)20-23-44-28-10-6-5-7-11-28/h5-17,24,26,34,37H,18-23H2,1-4H3,(H2,38,39,43). The Kier molecular flexibility index (Phi) is 9.80. The molecule has 4 aromatic rings. The second-order valence-electron chi connectivity index (χ2n) is 12.5. The van der Waals surface area contributed by atoms with Crippen LogP contribution in [0.4, 0.5) is 16.3 Å². The van der Waals surface area contributed by atoms with Crippen molar-refractivity contribution in [1.29, 1.82) is 0 Å². The highest BCUT2D eigenvalue weighted by atomic mass is 16.5. The molecule has 1 aliphatic heterocycles. The lowest BCUT2D eigenvalue weighted by molar-refractivity contribution is -0.122. The number of ketones is 1. The number of aromatic nitrogens is 2. The Morgan fingerprint density at radius 1 is 0.955 bits per heavy atom. The first-order valence-electron chi connectivity index (χ1n) is 15.4. The number of para-hydroxylation sites is 2. The number of Topliss-reactive ketones (excluding diaryl/α,β-unsaturated/α-hetero) is 1. The lowest BCUT2D eigenvalue weighted by atomic mass is 9.76. The van der Waals surface area contributed by atoms with Crippen LogP contribution in [0.15, 0.2) is 84.9 Å². The average molecular weight is 594 g/mol. The molecule has 3 aromatic carbocycles. The van der Waals surface area contributed by atoms with E-state index in [2.05, 4.69) is 36.7 Å². The number of piperidine rings is 1. The van der Waals surface area contributed by atoms with Gasteiger partial charge in [0.1, 0.15) is 17.4 Å². The van der Waals surface area contributed by atoms with E-state index < -0.39 is 6.03 Å². The molecule has 44 heavy (non-hydrogen) atoms. The van der Waals surface area contributed by atoms with Crippen molar-refractivity contribution in [2.24, 2.45) is 5.92 Å². The summed E-state index contributed by atoms with van der Waals surface area (Å²) in [6.07, 6.45) is 2.07. The Bertz CT molecular complexity index is 1550. The molecule has 230 valence electrons. The average Bonchev–Trinajstić information content (AvgIpc) is 3.44. The number of hydrogen-bond donors (Lipinski definition) is 3. The fourth-order valence-electron chi connectivity index (χ4n) is 5.68. The van der Waals surface area contributed by atoms with Gasteiger partial charge in [-0.25, -0.2) is 9.48 Å². The Balaban J connectivity index is 1.37. The Hall–Kier alpha value is -4.43. The zero-order valence-corrected chi connectivity index (χ0v) is 26.1. The van der Waals surface area contributed by atoms with E-state index >= 15 is 0 Å². The zero-order valence-electron chi connectivity index (χ0n) is 26.1. The number of nitrogens with zero attached hydrogens (tertiary/aromatic N) is 2. The van der Waals surface area contributed by atoms with E-state index in [1.165, 1.54) is 0 Å². The molecule has 0 aliphatic carbocycles. The van der Waals surface area contributed by atoms with Crippen molar-refractivity contribution in [1.82, 2.24) is 15.1 Å². The SMILES string of the molecule is Cc1ccc(-n2nc(C(C)(C)C)cc2NC(=O)Nc2ccccc2C(C(=O)CCOc2ccccc2)C2CCNCC2)cc1. The lowest BCUT2D eigenvalue weighted by Crippen LogP contribution is -2.34. The number of benzene rings is 3. The van der Waals surface area contributed by atoms with Crippen molar-refractivity contribution >= 4 is 23.3 Å². The molecular formula is C36H43N5O3. The minimum absolute atomic E-state index is 0.120. The van der Waals surface area contributed by atoms with Gasteiger partial charge in [0.15, 0.2) is 0 Å². The van der Waals surface area contributed by atoms with Crippen LogP contribution in [0.25, 0.3) is 5.69 Å². The van der Waals surface area contributed by atoms with Gasteiger partial charge in [0.25, 0.3) is 0 Å². The summed E-state index contributed by atoms with van der Waals surface area (Å²) in [6, 6.07) is 26.8. The number of carbonyl (C=O) groups excluding carboxylic acids is 2. The van der Waals surface area contributed by atoms with Crippen LogP contribution >= 0.6 is 0 Å². The highest BCUT2D eigenvalue weighted by Crippen LogP contribution is 2.37.